The van der Waals surface area contributed by atoms with Crippen LogP contribution in [0, 0.1) is 0 Å². The molecule has 1 atom stereocenters. The Balaban J connectivity index is 1.82. The molecule has 1 aromatic carbocycles. The number of nitrogens with two attached hydrogens (primary N) is 1. The number of H-pyrrole nitrogens is 1. The van der Waals surface area contributed by atoms with Crippen LogP contribution in [0.3, 0.4) is 0 Å². The van der Waals surface area contributed by atoms with Gasteiger partial charge >= 0.3 is 6.09 Å². The number of aromatic nitrogens is 2. The number of imidazole rings is 1. The van der Waals surface area contributed by atoms with Crippen LogP contribution in [-0.4, -0.2) is 27.7 Å². The third-order valence-corrected chi connectivity index (χ3v) is 2.98. The molecule has 2 rings (SSSR count). The standard InChI is InChI=1S/C13H18N4O2/c14-9(5-3-4-8-15-13(18)19)12-16-10-6-1-2-7-11(10)17-12/h1-2,6-7,9,15H,3-5,8,14H2,(H,16,17)(H,18,19). The van der Waals surface area contributed by atoms with Gasteiger partial charge in [-0.2, -0.15) is 0 Å². The average Bonchev–Trinajstić information content (AvgIpc) is 2.81. The SMILES string of the molecule is NC(CCCCNC(=O)O)c1nc2ccccc2[nH]1. The zero-order valence-electron chi connectivity index (χ0n) is 10.6. The number of carboxylic acid groups (broad SMARTS) is 1. The lowest BCUT2D eigenvalue weighted by molar-refractivity contribution is 0.194. The molecule has 0 aliphatic carbocycles. The summed E-state index contributed by atoms with van der Waals surface area (Å²) in [5, 5.41) is 10.8. The topological polar surface area (TPSA) is 104 Å². The zero-order chi connectivity index (χ0) is 13.7. The Kier molecular flexibility index (Phi) is 4.35. The molecule has 1 unspecified atom stereocenters. The van der Waals surface area contributed by atoms with E-state index in [-0.39, 0.29) is 6.04 Å². The first-order valence-electron chi connectivity index (χ1n) is 6.34. The Morgan fingerprint density at radius 2 is 2.21 bits per heavy atom. The van der Waals surface area contributed by atoms with Gasteiger partial charge < -0.3 is 21.1 Å². The third kappa shape index (κ3) is 3.69. The molecule has 1 heterocycles. The fourth-order valence-corrected chi connectivity index (χ4v) is 1.97. The average molecular weight is 262 g/mol. The lowest BCUT2D eigenvalue weighted by atomic mass is 10.1. The number of carbonyl (C=O) groups is 1. The fraction of sp³-hybridized carbons (Fsp3) is 0.385. The van der Waals surface area contributed by atoms with Gasteiger partial charge in [-0.1, -0.05) is 12.1 Å². The zero-order valence-corrected chi connectivity index (χ0v) is 10.6. The van der Waals surface area contributed by atoms with E-state index in [0.717, 1.165) is 36.1 Å². The van der Waals surface area contributed by atoms with Crippen molar-refractivity contribution in [2.45, 2.75) is 25.3 Å². The summed E-state index contributed by atoms with van der Waals surface area (Å²) in [6, 6.07) is 7.66. The van der Waals surface area contributed by atoms with E-state index in [1.807, 2.05) is 24.3 Å². The van der Waals surface area contributed by atoms with Crippen molar-refractivity contribution >= 4 is 17.1 Å². The first-order valence-corrected chi connectivity index (χ1v) is 6.34. The van der Waals surface area contributed by atoms with Crippen molar-refractivity contribution < 1.29 is 9.90 Å². The normalized spacial score (nSPS) is 12.5. The first kappa shape index (κ1) is 13.4. The number of nitrogens with zero attached hydrogens (tertiary/aromatic N) is 1. The van der Waals surface area contributed by atoms with E-state index in [0.29, 0.717) is 6.54 Å². The predicted octanol–water partition coefficient (Wildman–Crippen LogP) is 2.00. The van der Waals surface area contributed by atoms with Crippen LogP contribution in [0.1, 0.15) is 31.1 Å². The number of aromatic amines is 1. The number of hydrogen-bond donors (Lipinski definition) is 4. The van der Waals surface area contributed by atoms with Gasteiger partial charge in [0.2, 0.25) is 0 Å². The summed E-state index contributed by atoms with van der Waals surface area (Å²) in [5.41, 5.74) is 7.97. The van der Waals surface area contributed by atoms with Gasteiger partial charge in [-0.25, -0.2) is 9.78 Å². The molecule has 102 valence electrons. The van der Waals surface area contributed by atoms with E-state index in [9.17, 15) is 4.79 Å². The smallest absolute Gasteiger partial charge is 0.404 e. The number of benzene rings is 1. The van der Waals surface area contributed by atoms with Crippen molar-refractivity contribution in [1.82, 2.24) is 15.3 Å². The largest absolute Gasteiger partial charge is 0.465 e. The van der Waals surface area contributed by atoms with E-state index in [4.69, 9.17) is 10.8 Å². The summed E-state index contributed by atoms with van der Waals surface area (Å²) in [6.07, 6.45) is 1.43. The minimum absolute atomic E-state index is 0.141. The second-order valence-electron chi connectivity index (χ2n) is 4.47. The minimum Gasteiger partial charge on any atom is -0.465 e. The monoisotopic (exact) mass is 262 g/mol. The Morgan fingerprint density at radius 3 is 2.95 bits per heavy atom. The Labute approximate surface area is 111 Å². The van der Waals surface area contributed by atoms with Crippen LogP contribution >= 0.6 is 0 Å². The van der Waals surface area contributed by atoms with Crippen LogP contribution in [-0.2, 0) is 0 Å². The van der Waals surface area contributed by atoms with Crippen LogP contribution in [0.25, 0.3) is 11.0 Å². The van der Waals surface area contributed by atoms with Crippen LogP contribution in [0.2, 0.25) is 0 Å². The summed E-state index contributed by atoms with van der Waals surface area (Å²) >= 11 is 0. The molecular formula is C13H18N4O2. The van der Waals surface area contributed by atoms with Gasteiger partial charge in [0.25, 0.3) is 0 Å². The molecule has 6 nitrogen and oxygen atoms in total. The van der Waals surface area contributed by atoms with Crippen molar-refractivity contribution in [3.05, 3.63) is 30.1 Å². The van der Waals surface area contributed by atoms with E-state index in [1.54, 1.807) is 0 Å². The van der Waals surface area contributed by atoms with Gasteiger partial charge in [-0.3, -0.25) is 0 Å². The molecule has 1 amide bonds. The Bertz CT molecular complexity index is 519. The number of hydrogen-bond acceptors (Lipinski definition) is 3. The van der Waals surface area contributed by atoms with Gasteiger partial charge in [0.15, 0.2) is 0 Å². The summed E-state index contributed by atoms with van der Waals surface area (Å²) in [7, 11) is 0. The second-order valence-corrected chi connectivity index (χ2v) is 4.47. The second kappa shape index (κ2) is 6.19. The van der Waals surface area contributed by atoms with E-state index in [1.165, 1.54) is 0 Å². The molecule has 5 N–H and O–H groups in total. The molecule has 2 aromatic rings. The Hall–Kier alpha value is -2.08. The van der Waals surface area contributed by atoms with Gasteiger partial charge in [0.1, 0.15) is 5.82 Å². The highest BCUT2D eigenvalue weighted by atomic mass is 16.4. The molecule has 0 saturated heterocycles. The molecule has 0 saturated carbocycles. The maximum Gasteiger partial charge on any atom is 0.404 e. The van der Waals surface area contributed by atoms with E-state index >= 15 is 0 Å². The first-order chi connectivity index (χ1) is 9.16. The van der Waals surface area contributed by atoms with Gasteiger partial charge in [-0.05, 0) is 31.4 Å². The number of amides is 1. The summed E-state index contributed by atoms with van der Waals surface area (Å²) in [4.78, 5) is 17.9. The van der Waals surface area contributed by atoms with Crippen molar-refractivity contribution in [3.63, 3.8) is 0 Å². The molecule has 0 radical (unpaired) electrons. The van der Waals surface area contributed by atoms with Gasteiger partial charge in [-0.15, -0.1) is 0 Å². The Morgan fingerprint density at radius 1 is 1.42 bits per heavy atom. The lowest BCUT2D eigenvalue weighted by Crippen LogP contribution is -2.22. The highest BCUT2D eigenvalue weighted by molar-refractivity contribution is 5.74. The quantitative estimate of drug-likeness (QED) is 0.598. The molecule has 1 aromatic heterocycles. The number of nitrogens with one attached hydrogen (secondary N) is 2. The molecule has 19 heavy (non-hydrogen) atoms. The number of para-hydroxylation sites is 2. The molecule has 6 heteroatoms. The van der Waals surface area contributed by atoms with Crippen LogP contribution in [0.15, 0.2) is 24.3 Å². The van der Waals surface area contributed by atoms with Gasteiger partial charge in [0.05, 0.1) is 17.1 Å². The predicted molar refractivity (Wildman–Crippen MR) is 72.9 cm³/mol. The fourth-order valence-electron chi connectivity index (χ4n) is 1.97. The van der Waals surface area contributed by atoms with Crippen molar-refractivity contribution in [2.24, 2.45) is 5.73 Å². The molecule has 0 aliphatic heterocycles. The number of fused-ring (bicyclic) bond motifs is 1. The number of rotatable bonds is 6. The number of unbranched alkanes of at least 4 members (excludes halogenated alkanes) is 1. The molecule has 0 fully saturated rings. The maximum absolute atomic E-state index is 10.3. The van der Waals surface area contributed by atoms with Crippen molar-refractivity contribution in [2.75, 3.05) is 6.54 Å². The maximum atomic E-state index is 10.3. The van der Waals surface area contributed by atoms with Crippen LogP contribution in [0.4, 0.5) is 4.79 Å². The van der Waals surface area contributed by atoms with Crippen LogP contribution < -0.4 is 11.1 Å². The molecular weight excluding hydrogens is 244 g/mol. The molecule has 0 spiro atoms. The van der Waals surface area contributed by atoms with Crippen LogP contribution in [0.5, 0.6) is 0 Å². The van der Waals surface area contributed by atoms with E-state index < -0.39 is 6.09 Å². The van der Waals surface area contributed by atoms with Crippen molar-refractivity contribution in [3.8, 4) is 0 Å². The van der Waals surface area contributed by atoms with Gasteiger partial charge in [0, 0.05) is 6.54 Å². The van der Waals surface area contributed by atoms with E-state index in [2.05, 4.69) is 15.3 Å². The summed E-state index contributed by atoms with van der Waals surface area (Å²) in [5.74, 6) is 0.785. The molecule has 0 aliphatic rings. The highest BCUT2D eigenvalue weighted by Crippen LogP contribution is 2.17. The summed E-state index contributed by atoms with van der Waals surface area (Å²) in [6.45, 7) is 0.460. The minimum atomic E-state index is -0.985. The lowest BCUT2D eigenvalue weighted by Gasteiger charge is -2.08. The highest BCUT2D eigenvalue weighted by Gasteiger charge is 2.10. The summed E-state index contributed by atoms with van der Waals surface area (Å²) < 4.78 is 0. The molecule has 0 bridgehead atoms. The van der Waals surface area contributed by atoms with Crippen molar-refractivity contribution in [1.29, 1.82) is 0 Å². The third-order valence-electron chi connectivity index (χ3n) is 2.98.